The largest absolute Gasteiger partial charge is 0.496 e. The quantitative estimate of drug-likeness (QED) is 0.747. The Morgan fingerprint density at radius 1 is 0.952 bits per heavy atom. The maximum absolute atomic E-state index is 12.6. The van der Waals surface area contributed by atoms with Gasteiger partial charge in [-0.05, 0) is 12.0 Å². The monoisotopic (exact) mass is 292 g/mol. The van der Waals surface area contributed by atoms with Crippen LogP contribution >= 0.6 is 0 Å². The first-order chi connectivity index (χ1) is 10.2. The molecule has 1 aromatic rings. The minimum atomic E-state index is 0.125. The van der Waals surface area contributed by atoms with Gasteiger partial charge in [0.05, 0.1) is 26.9 Å². The van der Waals surface area contributed by atoms with Gasteiger partial charge in [0.15, 0.2) is 17.3 Å². The molecule has 1 aliphatic rings. The second-order valence-electron chi connectivity index (χ2n) is 5.54. The zero-order chi connectivity index (χ0) is 15.2. The van der Waals surface area contributed by atoms with Gasteiger partial charge in [-0.3, -0.25) is 4.79 Å². The summed E-state index contributed by atoms with van der Waals surface area (Å²) in [5.41, 5.74) is 0.584. The molecule has 2 rings (SSSR count). The van der Waals surface area contributed by atoms with Gasteiger partial charge >= 0.3 is 0 Å². The lowest BCUT2D eigenvalue weighted by Gasteiger charge is -2.21. The molecule has 4 nitrogen and oxygen atoms in total. The summed E-state index contributed by atoms with van der Waals surface area (Å²) in [4.78, 5) is 12.6. The Hall–Kier alpha value is -1.71. The lowest BCUT2D eigenvalue weighted by molar-refractivity contribution is 0.0947. The number of ether oxygens (including phenoxy) is 3. The molecular weight excluding hydrogens is 268 g/mol. The van der Waals surface area contributed by atoms with Gasteiger partial charge in [-0.1, -0.05) is 32.1 Å². The molecule has 4 heteroatoms. The van der Waals surface area contributed by atoms with E-state index in [0.717, 1.165) is 12.8 Å². The Labute approximate surface area is 126 Å². The highest BCUT2D eigenvalue weighted by Gasteiger charge is 2.22. The van der Waals surface area contributed by atoms with Gasteiger partial charge in [-0.2, -0.15) is 0 Å². The molecule has 0 heterocycles. The fraction of sp³-hybridized carbons (Fsp3) is 0.588. The van der Waals surface area contributed by atoms with Crippen molar-refractivity contribution in [1.82, 2.24) is 0 Å². The van der Waals surface area contributed by atoms with Crippen molar-refractivity contribution in [3.05, 3.63) is 17.7 Å². The molecule has 0 aliphatic heterocycles. The van der Waals surface area contributed by atoms with Crippen molar-refractivity contribution in [1.29, 1.82) is 0 Å². The van der Waals surface area contributed by atoms with Crippen LogP contribution in [0.2, 0.25) is 0 Å². The van der Waals surface area contributed by atoms with Crippen molar-refractivity contribution in [3.8, 4) is 17.2 Å². The molecule has 1 saturated carbocycles. The molecule has 1 aromatic carbocycles. The van der Waals surface area contributed by atoms with Gasteiger partial charge in [-0.15, -0.1) is 0 Å². The maximum Gasteiger partial charge on any atom is 0.167 e. The van der Waals surface area contributed by atoms with E-state index in [0.29, 0.717) is 35.2 Å². The highest BCUT2D eigenvalue weighted by atomic mass is 16.5. The number of hydrogen-bond acceptors (Lipinski definition) is 4. The standard InChI is InChI=1S/C17H24O4/c1-19-15-11-17(21-3)16(20-2)10-13(15)14(18)9-12-7-5-4-6-8-12/h10-12H,4-9H2,1-3H3. The van der Waals surface area contributed by atoms with E-state index in [1.807, 2.05) is 0 Å². The van der Waals surface area contributed by atoms with Crippen molar-refractivity contribution >= 4 is 5.78 Å². The van der Waals surface area contributed by atoms with Crippen LogP contribution in [0.1, 0.15) is 48.9 Å². The van der Waals surface area contributed by atoms with Crippen LogP contribution in [-0.2, 0) is 0 Å². The van der Waals surface area contributed by atoms with Crippen LogP contribution in [0.4, 0.5) is 0 Å². The number of rotatable bonds is 6. The van der Waals surface area contributed by atoms with Crippen molar-refractivity contribution in [2.24, 2.45) is 5.92 Å². The summed E-state index contributed by atoms with van der Waals surface area (Å²) in [6, 6.07) is 3.44. The highest BCUT2D eigenvalue weighted by Crippen LogP contribution is 2.36. The van der Waals surface area contributed by atoms with Gasteiger partial charge in [-0.25, -0.2) is 0 Å². The Bertz CT molecular complexity index is 490. The molecule has 116 valence electrons. The molecule has 0 amide bonds. The molecule has 21 heavy (non-hydrogen) atoms. The molecule has 0 spiro atoms. The summed E-state index contributed by atoms with van der Waals surface area (Å²) in [6.45, 7) is 0. The number of carbonyl (C=O) groups is 1. The summed E-state index contributed by atoms with van der Waals surface area (Å²) in [7, 11) is 4.71. The molecule has 0 unspecified atom stereocenters. The topological polar surface area (TPSA) is 44.8 Å². The van der Waals surface area contributed by atoms with Crippen LogP contribution < -0.4 is 14.2 Å². The number of Topliss-reactive ketones (excluding diaryl/α,β-unsaturated/α-hetero) is 1. The first kappa shape index (κ1) is 15.7. The van der Waals surface area contributed by atoms with Crippen molar-refractivity contribution in [2.45, 2.75) is 38.5 Å². The van der Waals surface area contributed by atoms with Crippen LogP contribution in [-0.4, -0.2) is 27.1 Å². The molecule has 0 bridgehead atoms. The smallest absolute Gasteiger partial charge is 0.167 e. The molecule has 0 aromatic heterocycles. The number of benzene rings is 1. The second-order valence-corrected chi connectivity index (χ2v) is 5.54. The zero-order valence-corrected chi connectivity index (χ0v) is 13.1. The Morgan fingerprint density at radius 3 is 2.10 bits per heavy atom. The van der Waals surface area contributed by atoms with E-state index < -0.39 is 0 Å². The van der Waals surface area contributed by atoms with Crippen molar-refractivity contribution < 1.29 is 19.0 Å². The number of methoxy groups -OCH3 is 3. The Kier molecular flexibility index (Phi) is 5.48. The average Bonchev–Trinajstić information content (AvgIpc) is 2.54. The minimum absolute atomic E-state index is 0.125. The highest BCUT2D eigenvalue weighted by molar-refractivity contribution is 5.99. The maximum atomic E-state index is 12.6. The summed E-state index contributed by atoms with van der Waals surface area (Å²) in [6.07, 6.45) is 6.67. The van der Waals surface area contributed by atoms with Gasteiger partial charge in [0.1, 0.15) is 5.75 Å². The Morgan fingerprint density at radius 2 is 1.52 bits per heavy atom. The number of ketones is 1. The third-order valence-electron chi connectivity index (χ3n) is 4.20. The molecule has 0 atom stereocenters. The van der Waals surface area contributed by atoms with Crippen LogP contribution in [0.15, 0.2) is 12.1 Å². The fourth-order valence-electron chi connectivity index (χ4n) is 3.01. The summed E-state index contributed by atoms with van der Waals surface area (Å²) >= 11 is 0. The lowest BCUT2D eigenvalue weighted by Crippen LogP contribution is -2.13. The third kappa shape index (κ3) is 3.69. The average molecular weight is 292 g/mol. The lowest BCUT2D eigenvalue weighted by atomic mass is 9.84. The summed E-state index contributed by atoms with van der Waals surface area (Å²) in [5.74, 6) is 2.31. The van der Waals surface area contributed by atoms with E-state index in [4.69, 9.17) is 14.2 Å². The van der Waals surface area contributed by atoms with E-state index >= 15 is 0 Å². The van der Waals surface area contributed by atoms with Crippen molar-refractivity contribution in [3.63, 3.8) is 0 Å². The van der Waals surface area contributed by atoms with Crippen molar-refractivity contribution in [2.75, 3.05) is 21.3 Å². The third-order valence-corrected chi connectivity index (χ3v) is 4.20. The minimum Gasteiger partial charge on any atom is -0.496 e. The second kappa shape index (κ2) is 7.34. The van der Waals surface area contributed by atoms with Crippen LogP contribution in [0.25, 0.3) is 0 Å². The van der Waals surface area contributed by atoms with Gasteiger partial charge < -0.3 is 14.2 Å². The van der Waals surface area contributed by atoms with Gasteiger partial charge in [0, 0.05) is 12.5 Å². The van der Waals surface area contributed by atoms with Gasteiger partial charge in [0.25, 0.3) is 0 Å². The van der Waals surface area contributed by atoms with E-state index in [9.17, 15) is 4.79 Å². The zero-order valence-electron chi connectivity index (χ0n) is 13.1. The van der Waals surface area contributed by atoms with E-state index in [1.54, 1.807) is 33.5 Å². The normalized spacial score (nSPS) is 15.6. The SMILES string of the molecule is COc1cc(OC)c(C(=O)CC2CCCCC2)cc1OC. The fourth-order valence-corrected chi connectivity index (χ4v) is 3.01. The molecule has 1 fully saturated rings. The predicted molar refractivity (Wildman–Crippen MR) is 81.6 cm³/mol. The molecular formula is C17H24O4. The number of hydrogen-bond donors (Lipinski definition) is 0. The number of carbonyl (C=O) groups excluding carboxylic acids is 1. The van der Waals surface area contributed by atoms with Crippen LogP contribution in [0.5, 0.6) is 17.2 Å². The van der Waals surface area contributed by atoms with Crippen LogP contribution in [0.3, 0.4) is 0 Å². The van der Waals surface area contributed by atoms with E-state index in [-0.39, 0.29) is 5.78 Å². The summed E-state index contributed by atoms with van der Waals surface area (Å²) < 4.78 is 15.9. The first-order valence-electron chi connectivity index (χ1n) is 7.52. The van der Waals surface area contributed by atoms with E-state index in [1.165, 1.54) is 19.3 Å². The molecule has 0 N–H and O–H groups in total. The van der Waals surface area contributed by atoms with Gasteiger partial charge in [0.2, 0.25) is 0 Å². The molecule has 0 saturated heterocycles. The van der Waals surface area contributed by atoms with E-state index in [2.05, 4.69) is 0 Å². The Balaban J connectivity index is 2.21. The summed E-state index contributed by atoms with van der Waals surface area (Å²) in [5, 5.41) is 0. The molecule has 1 aliphatic carbocycles. The first-order valence-corrected chi connectivity index (χ1v) is 7.52. The molecule has 0 radical (unpaired) electrons. The van der Waals surface area contributed by atoms with Crippen LogP contribution in [0, 0.1) is 5.92 Å². The predicted octanol–water partition coefficient (Wildman–Crippen LogP) is 3.87.